The molecule has 4 rings (SSSR count). The van der Waals surface area contributed by atoms with E-state index in [4.69, 9.17) is 4.74 Å². The molecule has 0 radical (unpaired) electrons. The third kappa shape index (κ3) is 3.14. The molecule has 5 nitrogen and oxygen atoms in total. The molecule has 0 N–H and O–H groups in total. The van der Waals surface area contributed by atoms with Gasteiger partial charge in [0.05, 0.1) is 5.41 Å². The van der Waals surface area contributed by atoms with Crippen LogP contribution in [0.5, 0.6) is 0 Å². The molecule has 2 saturated heterocycles. The van der Waals surface area contributed by atoms with E-state index in [9.17, 15) is 4.79 Å². The van der Waals surface area contributed by atoms with Crippen molar-refractivity contribution in [2.24, 2.45) is 5.41 Å². The monoisotopic (exact) mass is 329 g/mol. The average molecular weight is 329 g/mol. The van der Waals surface area contributed by atoms with E-state index in [1.54, 1.807) is 0 Å². The molecule has 3 heterocycles. The molecule has 0 amide bonds. The van der Waals surface area contributed by atoms with E-state index in [-0.39, 0.29) is 17.5 Å². The van der Waals surface area contributed by atoms with Gasteiger partial charge in [-0.05, 0) is 31.4 Å². The van der Waals surface area contributed by atoms with Crippen LogP contribution in [0.15, 0.2) is 24.5 Å². The Labute approximate surface area is 144 Å². The molecule has 1 aromatic rings. The van der Waals surface area contributed by atoms with E-state index in [1.807, 2.05) is 12.4 Å². The molecule has 130 valence electrons. The van der Waals surface area contributed by atoms with Crippen molar-refractivity contribution in [3.05, 3.63) is 24.5 Å². The Morgan fingerprint density at radius 3 is 2.54 bits per heavy atom. The third-order valence-electron chi connectivity index (χ3n) is 6.05. The number of anilines is 1. The summed E-state index contributed by atoms with van der Waals surface area (Å²) in [5, 5.41) is 0. The minimum absolute atomic E-state index is 0.0903. The maximum Gasteiger partial charge on any atom is 0.312 e. The van der Waals surface area contributed by atoms with Gasteiger partial charge in [0.25, 0.3) is 0 Å². The van der Waals surface area contributed by atoms with Crippen molar-refractivity contribution in [3.8, 4) is 0 Å². The molecule has 1 unspecified atom stereocenters. The lowest BCUT2D eigenvalue weighted by atomic mass is 9.83. The fraction of sp³-hybridized carbons (Fsp3) is 0.684. The van der Waals surface area contributed by atoms with Gasteiger partial charge in [0, 0.05) is 57.2 Å². The van der Waals surface area contributed by atoms with Crippen LogP contribution in [0, 0.1) is 5.41 Å². The molecule has 1 aromatic heterocycles. The number of rotatable bonds is 4. The van der Waals surface area contributed by atoms with Gasteiger partial charge in [-0.1, -0.05) is 12.8 Å². The van der Waals surface area contributed by atoms with Crippen LogP contribution < -0.4 is 4.90 Å². The number of pyridine rings is 1. The first-order chi connectivity index (χ1) is 11.8. The summed E-state index contributed by atoms with van der Waals surface area (Å²) in [5.74, 6) is 0.0903. The lowest BCUT2D eigenvalue weighted by Crippen LogP contribution is -2.47. The van der Waals surface area contributed by atoms with Crippen LogP contribution >= 0.6 is 0 Å². The number of aromatic nitrogens is 1. The van der Waals surface area contributed by atoms with Crippen molar-refractivity contribution in [2.75, 3.05) is 37.6 Å². The number of hydrogen-bond acceptors (Lipinski definition) is 5. The standard InChI is InChI=1S/C19H27N3O2/c23-18-19(6-1-2-7-19)15-17(24-18)5-10-21-11-13-22(14-12-21)16-3-8-20-9-4-16/h3-4,8-9,17H,1-2,5-7,10-15H2. The molecule has 2 aliphatic heterocycles. The van der Waals surface area contributed by atoms with Gasteiger partial charge in [0.1, 0.15) is 6.10 Å². The highest BCUT2D eigenvalue weighted by molar-refractivity contribution is 5.79. The Bertz CT molecular complexity index is 563. The first kappa shape index (κ1) is 15.9. The van der Waals surface area contributed by atoms with Crippen LogP contribution in [0.25, 0.3) is 0 Å². The molecule has 3 fully saturated rings. The summed E-state index contributed by atoms with van der Waals surface area (Å²) in [6.07, 6.45) is 10.3. The zero-order chi connectivity index (χ0) is 16.4. The highest BCUT2D eigenvalue weighted by Crippen LogP contribution is 2.48. The predicted molar refractivity (Wildman–Crippen MR) is 92.9 cm³/mol. The molecule has 1 aliphatic carbocycles. The van der Waals surface area contributed by atoms with Crippen LogP contribution in [0.3, 0.4) is 0 Å². The number of cyclic esters (lactones) is 1. The highest BCUT2D eigenvalue weighted by Gasteiger charge is 2.50. The summed E-state index contributed by atoms with van der Waals surface area (Å²) in [4.78, 5) is 21.2. The topological polar surface area (TPSA) is 45.7 Å². The summed E-state index contributed by atoms with van der Waals surface area (Å²) in [7, 11) is 0. The molecule has 1 spiro atoms. The summed E-state index contributed by atoms with van der Waals surface area (Å²) in [5.41, 5.74) is 1.16. The van der Waals surface area contributed by atoms with Gasteiger partial charge in [0.2, 0.25) is 0 Å². The first-order valence-electron chi connectivity index (χ1n) is 9.34. The Balaban J connectivity index is 1.23. The third-order valence-corrected chi connectivity index (χ3v) is 6.05. The number of carbonyl (C=O) groups is 1. The smallest absolute Gasteiger partial charge is 0.312 e. The van der Waals surface area contributed by atoms with Gasteiger partial charge in [0.15, 0.2) is 0 Å². The Morgan fingerprint density at radius 1 is 1.12 bits per heavy atom. The molecular formula is C19H27N3O2. The van der Waals surface area contributed by atoms with E-state index in [2.05, 4.69) is 26.9 Å². The van der Waals surface area contributed by atoms with Crippen molar-refractivity contribution in [3.63, 3.8) is 0 Å². The Morgan fingerprint density at radius 2 is 1.83 bits per heavy atom. The van der Waals surface area contributed by atoms with Crippen molar-refractivity contribution < 1.29 is 9.53 Å². The van der Waals surface area contributed by atoms with Gasteiger partial charge >= 0.3 is 5.97 Å². The van der Waals surface area contributed by atoms with Crippen molar-refractivity contribution in [1.82, 2.24) is 9.88 Å². The number of carbonyl (C=O) groups excluding carboxylic acids is 1. The average Bonchev–Trinajstić information content (AvgIpc) is 3.22. The molecule has 24 heavy (non-hydrogen) atoms. The van der Waals surface area contributed by atoms with Crippen LogP contribution in [0.4, 0.5) is 5.69 Å². The van der Waals surface area contributed by atoms with Gasteiger partial charge in [-0.15, -0.1) is 0 Å². The minimum Gasteiger partial charge on any atom is -0.462 e. The second kappa shape index (κ2) is 6.71. The summed E-state index contributed by atoms with van der Waals surface area (Å²) >= 11 is 0. The van der Waals surface area contributed by atoms with E-state index in [0.717, 1.165) is 58.4 Å². The summed E-state index contributed by atoms with van der Waals surface area (Å²) in [6, 6.07) is 4.16. The van der Waals surface area contributed by atoms with Crippen LogP contribution in [-0.2, 0) is 9.53 Å². The Kier molecular flexibility index (Phi) is 4.44. The zero-order valence-corrected chi connectivity index (χ0v) is 14.3. The minimum atomic E-state index is -0.106. The largest absolute Gasteiger partial charge is 0.462 e. The maximum absolute atomic E-state index is 12.2. The number of piperazine rings is 1. The van der Waals surface area contributed by atoms with E-state index >= 15 is 0 Å². The number of nitrogens with zero attached hydrogens (tertiary/aromatic N) is 3. The lowest BCUT2D eigenvalue weighted by Gasteiger charge is -2.36. The molecule has 0 aromatic carbocycles. The summed E-state index contributed by atoms with van der Waals surface area (Å²) in [6.45, 7) is 5.30. The fourth-order valence-corrected chi connectivity index (χ4v) is 4.57. The molecular weight excluding hydrogens is 302 g/mol. The van der Waals surface area contributed by atoms with E-state index < -0.39 is 0 Å². The predicted octanol–water partition coefficient (Wildman–Crippen LogP) is 2.47. The van der Waals surface area contributed by atoms with Crippen molar-refractivity contribution >= 4 is 11.7 Å². The van der Waals surface area contributed by atoms with Gasteiger partial charge in [-0.2, -0.15) is 0 Å². The van der Waals surface area contributed by atoms with E-state index in [0.29, 0.717) is 0 Å². The van der Waals surface area contributed by atoms with Crippen molar-refractivity contribution in [2.45, 2.75) is 44.6 Å². The summed E-state index contributed by atoms with van der Waals surface area (Å²) < 4.78 is 5.70. The maximum atomic E-state index is 12.2. The fourth-order valence-electron chi connectivity index (χ4n) is 4.57. The lowest BCUT2D eigenvalue weighted by molar-refractivity contribution is -0.148. The zero-order valence-electron chi connectivity index (χ0n) is 14.3. The normalized spacial score (nSPS) is 26.9. The van der Waals surface area contributed by atoms with Crippen LogP contribution in [0.2, 0.25) is 0 Å². The molecule has 1 atom stereocenters. The highest BCUT2D eigenvalue weighted by atomic mass is 16.6. The molecule has 1 saturated carbocycles. The molecule has 3 aliphatic rings. The number of esters is 1. The SMILES string of the molecule is O=C1OC(CCN2CCN(c3ccncc3)CC2)CC12CCCC2. The van der Waals surface area contributed by atoms with Gasteiger partial charge < -0.3 is 9.64 Å². The van der Waals surface area contributed by atoms with Gasteiger partial charge in [-0.25, -0.2) is 0 Å². The van der Waals surface area contributed by atoms with Crippen LogP contribution in [-0.4, -0.2) is 54.7 Å². The second-order valence-electron chi connectivity index (χ2n) is 7.54. The van der Waals surface area contributed by atoms with Crippen LogP contribution in [0.1, 0.15) is 38.5 Å². The first-order valence-corrected chi connectivity index (χ1v) is 9.34. The quantitative estimate of drug-likeness (QED) is 0.794. The number of hydrogen-bond donors (Lipinski definition) is 0. The van der Waals surface area contributed by atoms with E-state index in [1.165, 1.54) is 18.5 Å². The molecule has 0 bridgehead atoms. The number of ether oxygens (including phenoxy) is 1. The van der Waals surface area contributed by atoms with Crippen molar-refractivity contribution in [1.29, 1.82) is 0 Å². The molecule has 5 heteroatoms. The second-order valence-corrected chi connectivity index (χ2v) is 7.54. The Hall–Kier alpha value is -1.62. The van der Waals surface area contributed by atoms with Gasteiger partial charge in [-0.3, -0.25) is 14.7 Å².